The van der Waals surface area contributed by atoms with Gasteiger partial charge in [0.2, 0.25) is 9.84 Å². The van der Waals surface area contributed by atoms with Gasteiger partial charge in [0.15, 0.2) is 0 Å². The first kappa shape index (κ1) is 20.7. The molecule has 0 N–H and O–H groups in total. The Balaban J connectivity index is 2.36. The number of sulfone groups is 1. The van der Waals surface area contributed by atoms with Crippen LogP contribution in [0.3, 0.4) is 0 Å². The van der Waals surface area contributed by atoms with E-state index in [-0.39, 0.29) is 10.8 Å². The standard InChI is InChI=1S/C23H32O2S/c1-7-22(4,5)18-10-14-20(15-11-18)26(24,25)21-16-12-19(13-17-21)23(6,8-2)9-3/h10-17H,7-9H2,1-6H3. The maximum Gasteiger partial charge on any atom is 0.206 e. The van der Waals surface area contributed by atoms with Crippen molar-refractivity contribution in [1.29, 1.82) is 0 Å². The molecule has 2 aromatic rings. The lowest BCUT2D eigenvalue weighted by atomic mass is 9.78. The van der Waals surface area contributed by atoms with Crippen LogP contribution in [0.4, 0.5) is 0 Å². The fourth-order valence-electron chi connectivity index (χ4n) is 3.12. The van der Waals surface area contributed by atoms with Crippen molar-refractivity contribution in [1.82, 2.24) is 0 Å². The average Bonchev–Trinajstić information content (AvgIpc) is 2.67. The molecule has 2 rings (SSSR count). The van der Waals surface area contributed by atoms with Gasteiger partial charge in [-0.05, 0) is 65.5 Å². The van der Waals surface area contributed by atoms with Crippen LogP contribution >= 0.6 is 0 Å². The summed E-state index contributed by atoms with van der Waals surface area (Å²) in [6, 6.07) is 14.8. The van der Waals surface area contributed by atoms with Crippen LogP contribution in [0.1, 0.15) is 71.9 Å². The summed E-state index contributed by atoms with van der Waals surface area (Å²) in [6.45, 7) is 13.1. The SMILES string of the molecule is CCC(C)(C)c1ccc(S(=O)(=O)c2ccc(C(C)(CC)CC)cc2)cc1. The minimum atomic E-state index is -3.48. The molecule has 26 heavy (non-hydrogen) atoms. The third-order valence-corrected chi connectivity index (χ3v) is 8.04. The van der Waals surface area contributed by atoms with E-state index in [4.69, 9.17) is 0 Å². The molecule has 0 aliphatic rings. The van der Waals surface area contributed by atoms with Crippen LogP contribution in [0.5, 0.6) is 0 Å². The van der Waals surface area contributed by atoms with E-state index in [0.717, 1.165) is 24.8 Å². The predicted molar refractivity (Wildman–Crippen MR) is 110 cm³/mol. The molecule has 2 aromatic carbocycles. The topological polar surface area (TPSA) is 34.1 Å². The molecule has 0 aliphatic heterocycles. The van der Waals surface area contributed by atoms with Crippen LogP contribution in [-0.2, 0) is 20.7 Å². The van der Waals surface area contributed by atoms with Crippen LogP contribution in [0.2, 0.25) is 0 Å². The second kappa shape index (κ2) is 7.56. The van der Waals surface area contributed by atoms with Crippen LogP contribution in [0.25, 0.3) is 0 Å². The summed E-state index contributed by atoms with van der Waals surface area (Å²) in [5, 5.41) is 0. The zero-order chi connectivity index (χ0) is 19.6. The van der Waals surface area contributed by atoms with Crippen LogP contribution in [0, 0.1) is 0 Å². The first-order valence-corrected chi connectivity index (χ1v) is 11.0. The third-order valence-electron chi connectivity index (χ3n) is 6.25. The highest BCUT2D eigenvalue weighted by atomic mass is 32.2. The van der Waals surface area contributed by atoms with Crippen LogP contribution in [0.15, 0.2) is 58.3 Å². The van der Waals surface area contributed by atoms with Gasteiger partial charge in [0, 0.05) is 0 Å². The Morgan fingerprint density at radius 1 is 0.654 bits per heavy atom. The molecule has 0 spiro atoms. The Hall–Kier alpha value is -1.61. The van der Waals surface area contributed by atoms with Crippen molar-refractivity contribution in [2.24, 2.45) is 0 Å². The van der Waals surface area contributed by atoms with E-state index in [9.17, 15) is 8.42 Å². The van der Waals surface area contributed by atoms with Gasteiger partial charge in [-0.1, -0.05) is 65.8 Å². The molecule has 0 aromatic heterocycles. The Morgan fingerprint density at radius 2 is 1.04 bits per heavy atom. The van der Waals surface area contributed by atoms with Gasteiger partial charge < -0.3 is 0 Å². The Kier molecular flexibility index (Phi) is 6.02. The minimum Gasteiger partial charge on any atom is -0.219 e. The number of rotatable bonds is 7. The van der Waals surface area contributed by atoms with E-state index >= 15 is 0 Å². The summed E-state index contributed by atoms with van der Waals surface area (Å²) in [4.78, 5) is 0.716. The molecule has 0 amide bonds. The van der Waals surface area contributed by atoms with Gasteiger partial charge in [0.25, 0.3) is 0 Å². The summed E-state index contributed by atoms with van der Waals surface area (Å²) in [6.07, 6.45) is 3.07. The Bertz CT molecular complexity index is 825. The molecule has 2 nitrogen and oxygen atoms in total. The molecule has 0 fully saturated rings. The summed E-state index contributed by atoms with van der Waals surface area (Å²) < 4.78 is 25.9. The lowest BCUT2D eigenvalue weighted by Gasteiger charge is -2.27. The monoisotopic (exact) mass is 372 g/mol. The quantitative estimate of drug-likeness (QED) is 0.573. The van der Waals surface area contributed by atoms with Gasteiger partial charge in [0.05, 0.1) is 9.79 Å². The van der Waals surface area contributed by atoms with Gasteiger partial charge in [-0.15, -0.1) is 0 Å². The van der Waals surface area contributed by atoms with E-state index in [0.29, 0.717) is 9.79 Å². The molecule has 0 atom stereocenters. The fourth-order valence-corrected chi connectivity index (χ4v) is 4.38. The molecule has 0 aliphatic carbocycles. The second-order valence-electron chi connectivity index (χ2n) is 8.06. The molecule has 0 heterocycles. The Labute approximate surface area is 159 Å². The van der Waals surface area contributed by atoms with Crippen molar-refractivity contribution in [2.75, 3.05) is 0 Å². The maximum atomic E-state index is 13.0. The zero-order valence-electron chi connectivity index (χ0n) is 17.0. The highest BCUT2D eigenvalue weighted by Gasteiger charge is 2.24. The summed E-state index contributed by atoms with van der Waals surface area (Å²) in [7, 11) is -3.48. The van der Waals surface area contributed by atoms with E-state index in [1.165, 1.54) is 5.56 Å². The number of benzene rings is 2. The van der Waals surface area contributed by atoms with Crippen molar-refractivity contribution in [2.45, 2.75) is 81.4 Å². The van der Waals surface area contributed by atoms with E-state index < -0.39 is 9.84 Å². The maximum absolute atomic E-state index is 13.0. The predicted octanol–water partition coefficient (Wildman–Crippen LogP) is 6.28. The molecular weight excluding hydrogens is 340 g/mol. The molecule has 3 heteroatoms. The van der Waals surface area contributed by atoms with Gasteiger partial charge in [-0.3, -0.25) is 0 Å². The van der Waals surface area contributed by atoms with Crippen molar-refractivity contribution >= 4 is 9.84 Å². The van der Waals surface area contributed by atoms with Crippen molar-refractivity contribution < 1.29 is 8.42 Å². The first-order valence-electron chi connectivity index (χ1n) is 9.57. The second-order valence-corrected chi connectivity index (χ2v) is 10.0. The van der Waals surface area contributed by atoms with Crippen LogP contribution in [-0.4, -0.2) is 8.42 Å². The normalized spacial score (nSPS) is 13.0. The van der Waals surface area contributed by atoms with Crippen molar-refractivity contribution in [3.8, 4) is 0 Å². The zero-order valence-corrected chi connectivity index (χ0v) is 17.8. The molecular formula is C23H32O2S. The van der Waals surface area contributed by atoms with E-state index in [1.807, 2.05) is 24.3 Å². The highest BCUT2D eigenvalue weighted by Crippen LogP contribution is 2.33. The van der Waals surface area contributed by atoms with Gasteiger partial charge in [0.1, 0.15) is 0 Å². The fraction of sp³-hybridized carbons (Fsp3) is 0.478. The highest BCUT2D eigenvalue weighted by molar-refractivity contribution is 7.91. The molecule has 0 unspecified atom stereocenters. The average molecular weight is 373 g/mol. The number of hydrogen-bond donors (Lipinski definition) is 0. The number of hydrogen-bond acceptors (Lipinski definition) is 2. The summed E-state index contributed by atoms with van der Waals surface area (Å²) >= 11 is 0. The lowest BCUT2D eigenvalue weighted by molar-refractivity contribution is 0.438. The summed E-state index contributed by atoms with van der Waals surface area (Å²) in [5.74, 6) is 0. The molecule has 0 bridgehead atoms. The molecule has 0 saturated carbocycles. The smallest absolute Gasteiger partial charge is 0.206 e. The van der Waals surface area contributed by atoms with Crippen LogP contribution < -0.4 is 0 Å². The van der Waals surface area contributed by atoms with E-state index in [2.05, 4.69) is 41.5 Å². The Morgan fingerprint density at radius 3 is 1.38 bits per heavy atom. The molecule has 0 saturated heterocycles. The lowest BCUT2D eigenvalue weighted by Crippen LogP contribution is -2.19. The van der Waals surface area contributed by atoms with Crippen molar-refractivity contribution in [3.05, 3.63) is 59.7 Å². The summed E-state index contributed by atoms with van der Waals surface area (Å²) in [5.41, 5.74) is 2.50. The van der Waals surface area contributed by atoms with E-state index in [1.54, 1.807) is 24.3 Å². The van der Waals surface area contributed by atoms with Crippen molar-refractivity contribution in [3.63, 3.8) is 0 Å². The van der Waals surface area contributed by atoms with Gasteiger partial charge >= 0.3 is 0 Å². The van der Waals surface area contributed by atoms with Gasteiger partial charge in [-0.25, -0.2) is 8.42 Å². The minimum absolute atomic E-state index is 0.0503. The molecule has 0 radical (unpaired) electrons. The van der Waals surface area contributed by atoms with Gasteiger partial charge in [-0.2, -0.15) is 0 Å². The first-order chi connectivity index (χ1) is 12.1. The molecule has 142 valence electrons. The largest absolute Gasteiger partial charge is 0.219 e. The third kappa shape index (κ3) is 3.88.